The zero-order valence-electron chi connectivity index (χ0n) is 12.4. The molecule has 6 heteroatoms. The van der Waals surface area contributed by atoms with Crippen molar-refractivity contribution in [1.29, 1.82) is 0 Å². The maximum absolute atomic E-state index is 5.57. The minimum Gasteiger partial charge on any atom is -0.371 e. The number of anilines is 4. The molecule has 0 atom stereocenters. The Kier molecular flexibility index (Phi) is 3.62. The first-order valence-electron chi connectivity index (χ1n) is 7.14. The summed E-state index contributed by atoms with van der Waals surface area (Å²) in [7, 11) is 2.11. The number of nitrogens with zero attached hydrogens (tertiary/aromatic N) is 4. The lowest BCUT2D eigenvalue weighted by Crippen LogP contribution is -2.37. The number of fused-ring (bicyclic) bond motifs is 1. The van der Waals surface area contributed by atoms with Gasteiger partial charge in [0, 0.05) is 25.7 Å². The number of nitrogen functional groups attached to an aromatic ring is 1. The van der Waals surface area contributed by atoms with E-state index in [4.69, 9.17) is 5.84 Å². The maximum atomic E-state index is 5.57. The molecule has 0 saturated carbocycles. The topological polar surface area (TPSA) is 70.3 Å². The van der Waals surface area contributed by atoms with Crippen LogP contribution in [0.5, 0.6) is 0 Å². The van der Waals surface area contributed by atoms with Crippen molar-refractivity contribution in [3.05, 3.63) is 36.2 Å². The van der Waals surface area contributed by atoms with Crippen molar-refractivity contribution < 1.29 is 0 Å². The highest BCUT2D eigenvalue weighted by Gasteiger charge is 2.24. The highest BCUT2D eigenvalue weighted by molar-refractivity contribution is 5.80. The molecule has 0 bridgehead atoms. The fourth-order valence-corrected chi connectivity index (χ4v) is 2.81. The summed E-state index contributed by atoms with van der Waals surface area (Å²) >= 11 is 0. The third kappa shape index (κ3) is 2.27. The molecular weight excluding hydrogens is 264 g/mol. The van der Waals surface area contributed by atoms with E-state index in [1.807, 2.05) is 0 Å². The normalized spacial score (nSPS) is 14.0. The van der Waals surface area contributed by atoms with Gasteiger partial charge in [0.2, 0.25) is 0 Å². The van der Waals surface area contributed by atoms with E-state index in [0.29, 0.717) is 5.82 Å². The standard InChI is InChI=1S/C15H20N6/c1-3-11-14(19-16)17-10-18-15(11)21-9-8-20(2)12-6-4-5-7-13(12)21/h4-7,10H,3,8-9,16H2,1-2H3,(H,17,18,19). The van der Waals surface area contributed by atoms with Gasteiger partial charge in [0.25, 0.3) is 0 Å². The molecule has 0 fully saturated rings. The van der Waals surface area contributed by atoms with Gasteiger partial charge < -0.3 is 15.2 Å². The number of nitrogens with one attached hydrogen (secondary N) is 1. The molecule has 0 saturated heterocycles. The van der Waals surface area contributed by atoms with Gasteiger partial charge >= 0.3 is 0 Å². The summed E-state index contributed by atoms with van der Waals surface area (Å²) in [5.41, 5.74) is 6.10. The summed E-state index contributed by atoms with van der Waals surface area (Å²) in [6.07, 6.45) is 2.38. The number of likely N-dealkylation sites (N-methyl/N-ethyl adjacent to an activating group) is 1. The Bertz CT molecular complexity index is 642. The second kappa shape index (κ2) is 5.57. The number of nitrogens with two attached hydrogens (primary N) is 1. The molecular formula is C15H20N6. The predicted octanol–water partition coefficient (Wildman–Crippen LogP) is 1.91. The van der Waals surface area contributed by atoms with Crippen LogP contribution in [0.4, 0.5) is 23.0 Å². The Labute approximate surface area is 124 Å². The number of para-hydroxylation sites is 2. The lowest BCUT2D eigenvalue weighted by Gasteiger charge is -2.37. The number of hydrogen-bond acceptors (Lipinski definition) is 6. The predicted molar refractivity (Wildman–Crippen MR) is 85.9 cm³/mol. The molecule has 3 rings (SSSR count). The summed E-state index contributed by atoms with van der Waals surface area (Å²) in [6, 6.07) is 8.38. The molecule has 1 aromatic heterocycles. The van der Waals surface area contributed by atoms with Gasteiger partial charge in [-0.2, -0.15) is 0 Å². The molecule has 21 heavy (non-hydrogen) atoms. The third-order valence-corrected chi connectivity index (χ3v) is 3.91. The Hall–Kier alpha value is -2.34. The second-order valence-corrected chi connectivity index (χ2v) is 5.08. The van der Waals surface area contributed by atoms with E-state index < -0.39 is 0 Å². The number of benzene rings is 1. The van der Waals surface area contributed by atoms with Gasteiger partial charge in [-0.25, -0.2) is 15.8 Å². The van der Waals surface area contributed by atoms with Crippen molar-refractivity contribution in [2.75, 3.05) is 35.4 Å². The van der Waals surface area contributed by atoms with Crippen LogP contribution < -0.4 is 21.1 Å². The Morgan fingerprint density at radius 1 is 1.19 bits per heavy atom. The van der Waals surface area contributed by atoms with Crippen LogP contribution in [-0.2, 0) is 6.42 Å². The first-order valence-corrected chi connectivity index (χ1v) is 7.14. The van der Waals surface area contributed by atoms with Crippen molar-refractivity contribution >= 4 is 23.0 Å². The van der Waals surface area contributed by atoms with E-state index in [1.165, 1.54) is 11.4 Å². The molecule has 2 aromatic rings. The monoisotopic (exact) mass is 284 g/mol. The molecule has 0 amide bonds. The fraction of sp³-hybridized carbons (Fsp3) is 0.333. The summed E-state index contributed by atoms with van der Waals surface area (Å²) in [5, 5.41) is 0. The van der Waals surface area contributed by atoms with Crippen LogP contribution in [0.3, 0.4) is 0 Å². The fourth-order valence-electron chi connectivity index (χ4n) is 2.81. The minimum absolute atomic E-state index is 0.693. The number of aromatic nitrogens is 2. The zero-order chi connectivity index (χ0) is 14.8. The van der Waals surface area contributed by atoms with E-state index in [9.17, 15) is 0 Å². The van der Waals surface area contributed by atoms with Gasteiger partial charge in [-0.3, -0.25) is 0 Å². The average Bonchev–Trinajstić information content (AvgIpc) is 2.54. The van der Waals surface area contributed by atoms with Crippen LogP contribution in [-0.4, -0.2) is 30.1 Å². The van der Waals surface area contributed by atoms with Gasteiger partial charge in [-0.1, -0.05) is 19.1 Å². The zero-order valence-corrected chi connectivity index (χ0v) is 12.4. The molecule has 1 aromatic carbocycles. The van der Waals surface area contributed by atoms with E-state index >= 15 is 0 Å². The van der Waals surface area contributed by atoms with Gasteiger partial charge in [0.1, 0.15) is 18.0 Å². The largest absolute Gasteiger partial charge is 0.371 e. The van der Waals surface area contributed by atoms with Crippen molar-refractivity contribution in [2.45, 2.75) is 13.3 Å². The molecule has 6 nitrogen and oxygen atoms in total. The smallest absolute Gasteiger partial charge is 0.148 e. The summed E-state index contributed by atoms with van der Waals surface area (Å²) in [4.78, 5) is 13.2. The molecule has 1 aliphatic heterocycles. The van der Waals surface area contributed by atoms with Crippen LogP contribution in [0.2, 0.25) is 0 Å². The second-order valence-electron chi connectivity index (χ2n) is 5.08. The number of hydrogen-bond donors (Lipinski definition) is 2. The average molecular weight is 284 g/mol. The van der Waals surface area contributed by atoms with Crippen LogP contribution in [0.1, 0.15) is 12.5 Å². The van der Waals surface area contributed by atoms with Crippen molar-refractivity contribution in [1.82, 2.24) is 9.97 Å². The molecule has 0 aliphatic carbocycles. The van der Waals surface area contributed by atoms with Crippen LogP contribution in [0, 0.1) is 0 Å². The molecule has 0 radical (unpaired) electrons. The molecule has 110 valence electrons. The molecule has 0 spiro atoms. The molecule has 2 heterocycles. The Balaban J connectivity index is 2.12. The highest BCUT2D eigenvalue weighted by atomic mass is 15.3. The van der Waals surface area contributed by atoms with Gasteiger partial charge in [-0.15, -0.1) is 0 Å². The Morgan fingerprint density at radius 3 is 2.67 bits per heavy atom. The van der Waals surface area contributed by atoms with Crippen molar-refractivity contribution in [3.63, 3.8) is 0 Å². The van der Waals surface area contributed by atoms with Gasteiger partial charge in [0.15, 0.2) is 0 Å². The van der Waals surface area contributed by atoms with Crippen LogP contribution in [0.25, 0.3) is 0 Å². The van der Waals surface area contributed by atoms with E-state index in [2.05, 4.69) is 63.4 Å². The van der Waals surface area contributed by atoms with E-state index in [1.54, 1.807) is 6.33 Å². The number of hydrazine groups is 1. The summed E-state index contributed by atoms with van der Waals surface area (Å²) in [5.74, 6) is 7.20. The SMILES string of the molecule is CCc1c(NN)ncnc1N1CCN(C)c2ccccc21. The quantitative estimate of drug-likeness (QED) is 0.663. The number of rotatable bonds is 3. The first kappa shape index (κ1) is 13.6. The van der Waals surface area contributed by atoms with E-state index in [0.717, 1.165) is 30.9 Å². The maximum Gasteiger partial charge on any atom is 0.148 e. The first-order chi connectivity index (χ1) is 10.3. The van der Waals surface area contributed by atoms with Gasteiger partial charge in [0.05, 0.1) is 11.4 Å². The third-order valence-electron chi connectivity index (χ3n) is 3.91. The van der Waals surface area contributed by atoms with Gasteiger partial charge in [-0.05, 0) is 18.6 Å². The van der Waals surface area contributed by atoms with Crippen molar-refractivity contribution in [3.8, 4) is 0 Å². The molecule has 3 N–H and O–H groups in total. The minimum atomic E-state index is 0.693. The summed E-state index contributed by atoms with van der Waals surface area (Å²) < 4.78 is 0. The lowest BCUT2D eigenvalue weighted by molar-refractivity contribution is 0.805. The van der Waals surface area contributed by atoms with Crippen LogP contribution in [0.15, 0.2) is 30.6 Å². The van der Waals surface area contributed by atoms with E-state index in [-0.39, 0.29) is 0 Å². The van der Waals surface area contributed by atoms with Crippen molar-refractivity contribution in [2.24, 2.45) is 5.84 Å². The van der Waals surface area contributed by atoms with Crippen LogP contribution >= 0.6 is 0 Å². The summed E-state index contributed by atoms with van der Waals surface area (Å²) in [6.45, 7) is 3.93. The lowest BCUT2D eigenvalue weighted by atomic mass is 10.1. The Morgan fingerprint density at radius 2 is 1.95 bits per heavy atom. The molecule has 1 aliphatic rings. The molecule has 0 unspecified atom stereocenters. The highest BCUT2D eigenvalue weighted by Crippen LogP contribution is 2.38.